The Bertz CT molecular complexity index is 1120. The number of nitrogens with one attached hydrogen (secondary N) is 1. The van der Waals surface area contributed by atoms with Crippen LogP contribution in [0.1, 0.15) is 63.4 Å². The fourth-order valence-electron chi connectivity index (χ4n) is 4.75. The molecule has 0 bridgehead atoms. The predicted octanol–water partition coefficient (Wildman–Crippen LogP) is 5.81. The SMILES string of the molecule is Cc1cc(C=Nc2sc3c(c2C(=O)NCc2ccco2)CCCC3)ccc1N1CCCC1. The van der Waals surface area contributed by atoms with Crippen molar-refractivity contribution in [3.8, 4) is 0 Å². The zero-order valence-corrected chi connectivity index (χ0v) is 19.3. The van der Waals surface area contributed by atoms with Gasteiger partial charge in [0.25, 0.3) is 5.91 Å². The second-order valence-electron chi connectivity index (χ2n) is 8.65. The highest BCUT2D eigenvalue weighted by atomic mass is 32.1. The summed E-state index contributed by atoms with van der Waals surface area (Å²) in [4.78, 5) is 21.7. The number of nitrogens with zero attached hydrogens (tertiary/aromatic N) is 2. The summed E-state index contributed by atoms with van der Waals surface area (Å²) >= 11 is 1.67. The average Bonchev–Trinajstić information content (AvgIpc) is 3.57. The van der Waals surface area contributed by atoms with E-state index in [2.05, 4.69) is 35.3 Å². The lowest BCUT2D eigenvalue weighted by molar-refractivity contribution is 0.0948. The minimum atomic E-state index is -0.0616. The number of thiophene rings is 1. The summed E-state index contributed by atoms with van der Waals surface area (Å²) in [6, 6.07) is 10.2. The molecule has 0 spiro atoms. The largest absolute Gasteiger partial charge is 0.467 e. The normalized spacial score (nSPS) is 16.0. The summed E-state index contributed by atoms with van der Waals surface area (Å²) in [6.45, 7) is 4.84. The number of aliphatic imine (C=N–C) groups is 1. The van der Waals surface area contributed by atoms with Gasteiger partial charge in [0.2, 0.25) is 0 Å². The lowest BCUT2D eigenvalue weighted by Crippen LogP contribution is -2.23. The van der Waals surface area contributed by atoms with E-state index in [0.717, 1.165) is 54.2 Å². The third-order valence-corrected chi connectivity index (χ3v) is 7.58. The lowest BCUT2D eigenvalue weighted by Gasteiger charge is -2.20. The maximum Gasteiger partial charge on any atom is 0.255 e. The molecule has 1 amide bonds. The first-order chi connectivity index (χ1) is 15.7. The monoisotopic (exact) mass is 447 g/mol. The highest BCUT2D eigenvalue weighted by molar-refractivity contribution is 7.16. The molecule has 1 aliphatic carbocycles. The van der Waals surface area contributed by atoms with Crippen molar-refractivity contribution < 1.29 is 9.21 Å². The van der Waals surface area contributed by atoms with Gasteiger partial charge in [-0.3, -0.25) is 4.79 Å². The van der Waals surface area contributed by atoms with E-state index in [1.165, 1.54) is 41.0 Å². The third-order valence-electron chi connectivity index (χ3n) is 6.38. The van der Waals surface area contributed by atoms with Crippen LogP contribution >= 0.6 is 11.3 Å². The van der Waals surface area contributed by atoms with Gasteiger partial charge in [0.15, 0.2) is 0 Å². The highest BCUT2D eigenvalue weighted by Gasteiger charge is 2.25. The molecule has 1 fully saturated rings. The molecule has 32 heavy (non-hydrogen) atoms. The van der Waals surface area contributed by atoms with Gasteiger partial charge < -0.3 is 14.6 Å². The highest BCUT2D eigenvalue weighted by Crippen LogP contribution is 2.40. The Morgan fingerprint density at radius 2 is 2.03 bits per heavy atom. The first-order valence-electron chi connectivity index (χ1n) is 11.5. The lowest BCUT2D eigenvalue weighted by atomic mass is 9.95. The summed E-state index contributed by atoms with van der Waals surface area (Å²) in [5, 5.41) is 3.83. The first-order valence-corrected chi connectivity index (χ1v) is 12.4. The van der Waals surface area contributed by atoms with Gasteiger partial charge in [-0.1, -0.05) is 6.07 Å². The van der Waals surface area contributed by atoms with Crippen LogP contribution in [0.2, 0.25) is 0 Å². The number of hydrogen-bond donors (Lipinski definition) is 1. The molecule has 3 heterocycles. The third kappa shape index (κ3) is 4.37. The molecule has 0 saturated carbocycles. The van der Waals surface area contributed by atoms with Gasteiger partial charge in [-0.15, -0.1) is 11.3 Å². The van der Waals surface area contributed by atoms with Crippen LogP contribution in [-0.4, -0.2) is 25.2 Å². The van der Waals surface area contributed by atoms with Crippen LogP contribution in [0.25, 0.3) is 0 Å². The molecule has 166 valence electrons. The molecule has 1 saturated heterocycles. The quantitative estimate of drug-likeness (QED) is 0.485. The van der Waals surface area contributed by atoms with Crippen molar-refractivity contribution in [1.82, 2.24) is 5.32 Å². The number of hydrogen-bond acceptors (Lipinski definition) is 5. The summed E-state index contributed by atoms with van der Waals surface area (Å²) < 4.78 is 5.36. The van der Waals surface area contributed by atoms with Gasteiger partial charge in [-0.05, 0) is 86.4 Å². The van der Waals surface area contributed by atoms with Gasteiger partial charge in [-0.2, -0.15) is 0 Å². The van der Waals surface area contributed by atoms with E-state index in [1.54, 1.807) is 17.6 Å². The molecular formula is C26H29N3O2S. The van der Waals surface area contributed by atoms with Crippen LogP contribution in [0.4, 0.5) is 10.7 Å². The Labute approximate surface area is 193 Å². The van der Waals surface area contributed by atoms with Crippen molar-refractivity contribution in [2.24, 2.45) is 4.99 Å². The van der Waals surface area contributed by atoms with Crippen molar-refractivity contribution in [2.75, 3.05) is 18.0 Å². The second kappa shape index (κ2) is 9.33. The topological polar surface area (TPSA) is 57.8 Å². The number of furan rings is 1. The van der Waals surface area contributed by atoms with Crippen molar-refractivity contribution >= 4 is 34.1 Å². The standard InChI is InChI=1S/C26H29N3O2S/c1-18-15-19(10-11-22(18)29-12-4-5-13-29)16-28-26-24(21-8-2-3-9-23(21)32-26)25(30)27-17-20-7-6-14-31-20/h6-7,10-11,14-16H,2-5,8-9,12-13,17H2,1H3,(H,27,30). The Morgan fingerprint density at radius 3 is 2.81 bits per heavy atom. The smallest absolute Gasteiger partial charge is 0.255 e. The van der Waals surface area contributed by atoms with E-state index in [-0.39, 0.29) is 5.91 Å². The van der Waals surface area contributed by atoms with Gasteiger partial charge in [0.1, 0.15) is 10.8 Å². The molecule has 5 nitrogen and oxygen atoms in total. The van der Waals surface area contributed by atoms with Crippen molar-refractivity contribution in [3.63, 3.8) is 0 Å². The molecule has 2 aromatic heterocycles. The van der Waals surface area contributed by atoms with Crippen molar-refractivity contribution in [1.29, 1.82) is 0 Å². The molecule has 1 N–H and O–H groups in total. The Morgan fingerprint density at radius 1 is 1.19 bits per heavy atom. The maximum absolute atomic E-state index is 13.1. The number of carbonyl (C=O) groups excluding carboxylic acids is 1. The van der Waals surface area contributed by atoms with Crippen LogP contribution in [-0.2, 0) is 19.4 Å². The molecule has 1 aliphatic heterocycles. The number of fused-ring (bicyclic) bond motifs is 1. The molecule has 2 aliphatic rings. The van der Waals surface area contributed by atoms with E-state index < -0.39 is 0 Å². The van der Waals surface area contributed by atoms with Crippen LogP contribution in [0.5, 0.6) is 0 Å². The summed E-state index contributed by atoms with van der Waals surface area (Å²) in [7, 11) is 0. The molecule has 5 rings (SSSR count). The second-order valence-corrected chi connectivity index (χ2v) is 9.73. The molecule has 0 atom stereocenters. The van der Waals surface area contributed by atoms with E-state index in [4.69, 9.17) is 9.41 Å². The van der Waals surface area contributed by atoms with Gasteiger partial charge in [-0.25, -0.2) is 4.99 Å². The van der Waals surface area contributed by atoms with Gasteiger partial charge in [0, 0.05) is 29.9 Å². The fourth-order valence-corrected chi connectivity index (χ4v) is 5.98. The molecule has 0 radical (unpaired) electrons. The Hall–Kier alpha value is -2.86. The van der Waals surface area contributed by atoms with Crippen molar-refractivity contribution in [2.45, 2.75) is 52.0 Å². The van der Waals surface area contributed by atoms with E-state index in [9.17, 15) is 4.79 Å². The number of carbonyl (C=O) groups is 1. The molecule has 3 aromatic rings. The van der Waals surface area contributed by atoms with Gasteiger partial charge >= 0.3 is 0 Å². The Kier molecular flexibility index (Phi) is 6.12. The average molecular weight is 448 g/mol. The van der Waals surface area contributed by atoms with Crippen LogP contribution in [0, 0.1) is 6.92 Å². The zero-order chi connectivity index (χ0) is 21.9. The summed E-state index contributed by atoms with van der Waals surface area (Å²) in [6.07, 6.45) is 10.4. The molecule has 6 heteroatoms. The predicted molar refractivity (Wildman–Crippen MR) is 131 cm³/mol. The van der Waals surface area contributed by atoms with Crippen LogP contribution in [0.15, 0.2) is 46.0 Å². The maximum atomic E-state index is 13.1. The molecule has 0 unspecified atom stereocenters. The fraction of sp³-hybridized carbons (Fsp3) is 0.385. The number of rotatable bonds is 6. The minimum Gasteiger partial charge on any atom is -0.467 e. The number of anilines is 1. The number of amides is 1. The summed E-state index contributed by atoms with van der Waals surface area (Å²) in [5.41, 5.74) is 5.60. The first kappa shape index (κ1) is 21.0. The minimum absolute atomic E-state index is 0.0616. The van der Waals surface area contributed by atoms with Crippen molar-refractivity contribution in [3.05, 3.63) is 69.5 Å². The summed E-state index contributed by atoms with van der Waals surface area (Å²) in [5.74, 6) is 0.689. The molecule has 1 aromatic carbocycles. The zero-order valence-electron chi connectivity index (χ0n) is 18.5. The van der Waals surface area contributed by atoms with E-state index >= 15 is 0 Å². The van der Waals surface area contributed by atoms with Crippen LogP contribution in [0.3, 0.4) is 0 Å². The number of aryl methyl sites for hydroxylation is 2. The van der Waals surface area contributed by atoms with Gasteiger partial charge in [0.05, 0.1) is 18.4 Å². The molecular weight excluding hydrogens is 418 g/mol. The van der Waals surface area contributed by atoms with Crippen LogP contribution < -0.4 is 10.2 Å². The van der Waals surface area contributed by atoms with E-state index in [1.807, 2.05) is 18.3 Å². The number of benzene rings is 1. The van der Waals surface area contributed by atoms with E-state index in [0.29, 0.717) is 6.54 Å². The Balaban J connectivity index is 1.39.